The molecule has 3 nitrogen and oxygen atoms in total. The summed E-state index contributed by atoms with van der Waals surface area (Å²) in [5.41, 5.74) is 3.63. The van der Waals surface area contributed by atoms with E-state index in [4.69, 9.17) is 10.5 Å². The Morgan fingerprint density at radius 3 is 2.75 bits per heavy atom. The summed E-state index contributed by atoms with van der Waals surface area (Å²) in [5.74, 6) is 0.0847. The molecule has 1 atom stereocenters. The highest BCUT2D eigenvalue weighted by Gasteiger charge is 2.39. The molecular weight excluding hydrogens is 166 g/mol. The van der Waals surface area contributed by atoms with Crippen molar-refractivity contribution in [3.63, 3.8) is 0 Å². The van der Waals surface area contributed by atoms with Crippen LogP contribution >= 0.6 is 0 Å². The van der Waals surface area contributed by atoms with Crippen LogP contribution in [0.1, 0.15) is 0 Å². The van der Waals surface area contributed by atoms with Crippen LogP contribution in [-0.2, 0) is 4.74 Å². The van der Waals surface area contributed by atoms with E-state index in [1.54, 1.807) is 0 Å². The molecule has 0 aromatic carbocycles. The summed E-state index contributed by atoms with van der Waals surface area (Å²) in [7, 11) is 0. The minimum Gasteiger partial charge on any atom is -0.385 e. The monoisotopic (exact) mass is 176 g/mol. The van der Waals surface area contributed by atoms with E-state index in [1.807, 2.05) is 0 Å². The fourth-order valence-electron chi connectivity index (χ4n) is 0.956. The molecule has 0 spiro atoms. The Bertz CT molecular complexity index is 217. The van der Waals surface area contributed by atoms with Gasteiger partial charge < -0.3 is 10.5 Å². The predicted molar refractivity (Wildman–Crippen MR) is 41.4 cm³/mol. The van der Waals surface area contributed by atoms with Crippen LogP contribution in [0.25, 0.3) is 0 Å². The molecule has 0 aromatic rings. The molecular formula is C7H10F2N2O. The smallest absolute Gasteiger partial charge is 0.269 e. The van der Waals surface area contributed by atoms with Gasteiger partial charge in [-0.15, -0.1) is 6.58 Å². The molecule has 5 heteroatoms. The molecule has 0 radical (unpaired) electrons. The van der Waals surface area contributed by atoms with Gasteiger partial charge in [0.25, 0.3) is 6.43 Å². The minimum atomic E-state index is -2.63. The number of nitrogens with two attached hydrogens (primary N) is 1. The number of halogens is 2. The molecule has 68 valence electrons. The molecule has 1 aliphatic rings. The molecule has 1 aliphatic heterocycles. The van der Waals surface area contributed by atoms with Gasteiger partial charge in [-0.3, -0.25) is 4.99 Å². The van der Waals surface area contributed by atoms with E-state index < -0.39 is 12.0 Å². The van der Waals surface area contributed by atoms with E-state index in [0.717, 1.165) is 6.08 Å². The van der Waals surface area contributed by atoms with Crippen molar-refractivity contribution in [3.05, 3.63) is 12.7 Å². The van der Waals surface area contributed by atoms with E-state index >= 15 is 0 Å². The second-order valence-corrected chi connectivity index (χ2v) is 2.59. The van der Waals surface area contributed by atoms with E-state index in [2.05, 4.69) is 11.6 Å². The number of aliphatic imine (C=N–C) groups is 1. The second-order valence-electron chi connectivity index (χ2n) is 2.59. The lowest BCUT2D eigenvalue weighted by molar-refractivity contribution is 0.0142. The number of ether oxygens (including phenoxy) is 1. The van der Waals surface area contributed by atoms with Gasteiger partial charge in [0.2, 0.25) is 0 Å². The predicted octanol–water partition coefficient (Wildman–Crippen LogP) is 0.564. The van der Waals surface area contributed by atoms with Crippen LogP contribution in [0.5, 0.6) is 0 Å². The zero-order chi connectivity index (χ0) is 9.19. The Kier molecular flexibility index (Phi) is 2.42. The van der Waals surface area contributed by atoms with Crippen LogP contribution in [0.2, 0.25) is 0 Å². The third-order valence-electron chi connectivity index (χ3n) is 1.67. The van der Waals surface area contributed by atoms with Crippen molar-refractivity contribution in [2.24, 2.45) is 10.7 Å². The van der Waals surface area contributed by atoms with E-state index in [0.29, 0.717) is 0 Å². The molecule has 0 amide bonds. The van der Waals surface area contributed by atoms with E-state index in [9.17, 15) is 8.78 Å². The van der Waals surface area contributed by atoms with Crippen molar-refractivity contribution in [2.45, 2.75) is 12.0 Å². The van der Waals surface area contributed by atoms with E-state index in [1.165, 1.54) is 0 Å². The number of alkyl halides is 2. The van der Waals surface area contributed by atoms with Crippen LogP contribution in [0.4, 0.5) is 8.78 Å². The number of nitrogens with zero attached hydrogens (tertiary/aromatic N) is 1. The topological polar surface area (TPSA) is 47.6 Å². The first kappa shape index (κ1) is 9.12. The van der Waals surface area contributed by atoms with Gasteiger partial charge in [0.15, 0.2) is 5.54 Å². The normalized spacial score (nSPS) is 30.1. The molecule has 0 saturated heterocycles. The number of rotatable bonds is 2. The van der Waals surface area contributed by atoms with Crippen molar-refractivity contribution in [2.75, 3.05) is 13.2 Å². The van der Waals surface area contributed by atoms with Crippen LogP contribution in [0.3, 0.4) is 0 Å². The molecule has 0 saturated carbocycles. The maximum absolute atomic E-state index is 12.4. The average molecular weight is 176 g/mol. The molecule has 0 aromatic heterocycles. The first-order valence-corrected chi connectivity index (χ1v) is 3.44. The lowest BCUT2D eigenvalue weighted by Crippen LogP contribution is -2.45. The van der Waals surface area contributed by atoms with Gasteiger partial charge in [0.1, 0.15) is 12.4 Å². The van der Waals surface area contributed by atoms with Gasteiger partial charge in [0, 0.05) is 0 Å². The Balaban J connectivity index is 2.92. The third kappa shape index (κ3) is 1.45. The number of hydrogen-bond acceptors (Lipinski definition) is 3. The zero-order valence-corrected chi connectivity index (χ0v) is 6.46. The van der Waals surface area contributed by atoms with Crippen molar-refractivity contribution in [1.29, 1.82) is 0 Å². The molecule has 1 heterocycles. The summed E-state index contributed by atoms with van der Waals surface area (Å²) in [6.45, 7) is 3.25. The third-order valence-corrected chi connectivity index (χ3v) is 1.67. The largest absolute Gasteiger partial charge is 0.385 e. The zero-order valence-electron chi connectivity index (χ0n) is 6.46. The fraction of sp³-hybridized carbons (Fsp3) is 0.571. The highest BCUT2D eigenvalue weighted by atomic mass is 19.3. The van der Waals surface area contributed by atoms with Crippen LogP contribution < -0.4 is 5.73 Å². The molecule has 2 N–H and O–H groups in total. The Morgan fingerprint density at radius 2 is 2.42 bits per heavy atom. The lowest BCUT2D eigenvalue weighted by atomic mass is 10.0. The van der Waals surface area contributed by atoms with Crippen molar-refractivity contribution in [3.8, 4) is 0 Å². The molecule has 12 heavy (non-hydrogen) atoms. The molecule has 0 fully saturated rings. The second kappa shape index (κ2) is 3.18. The maximum atomic E-state index is 12.4. The number of hydrogen-bond donors (Lipinski definition) is 1. The molecule has 0 aliphatic carbocycles. The highest BCUT2D eigenvalue weighted by Crippen LogP contribution is 2.24. The van der Waals surface area contributed by atoms with Crippen LogP contribution in [0.15, 0.2) is 17.6 Å². The SMILES string of the molecule is C=CC1(C(F)F)COCC(N)=N1. The fourth-order valence-corrected chi connectivity index (χ4v) is 0.956. The summed E-state index contributed by atoms with van der Waals surface area (Å²) in [6, 6.07) is 0. The molecule has 0 bridgehead atoms. The van der Waals surface area contributed by atoms with Crippen LogP contribution in [-0.4, -0.2) is 31.0 Å². The van der Waals surface area contributed by atoms with Crippen molar-refractivity contribution >= 4 is 5.84 Å². The van der Waals surface area contributed by atoms with Crippen molar-refractivity contribution < 1.29 is 13.5 Å². The summed E-state index contributed by atoms with van der Waals surface area (Å²) in [4.78, 5) is 3.63. The quantitative estimate of drug-likeness (QED) is 0.625. The Morgan fingerprint density at radius 1 is 1.75 bits per heavy atom. The van der Waals surface area contributed by atoms with E-state index in [-0.39, 0.29) is 19.0 Å². The average Bonchev–Trinajstić information content (AvgIpc) is 2.04. The lowest BCUT2D eigenvalue weighted by Gasteiger charge is -2.29. The molecule has 1 rings (SSSR count). The van der Waals surface area contributed by atoms with Gasteiger partial charge >= 0.3 is 0 Å². The van der Waals surface area contributed by atoms with Gasteiger partial charge in [-0.25, -0.2) is 8.78 Å². The van der Waals surface area contributed by atoms with Gasteiger partial charge in [0.05, 0.1) is 6.61 Å². The Labute approximate surface area is 68.9 Å². The Hall–Kier alpha value is -0.970. The molecule has 1 unspecified atom stereocenters. The maximum Gasteiger partial charge on any atom is 0.269 e. The highest BCUT2D eigenvalue weighted by molar-refractivity contribution is 5.82. The summed E-state index contributed by atoms with van der Waals surface area (Å²) < 4.78 is 29.7. The first-order chi connectivity index (χ1) is 5.60. The minimum absolute atomic E-state index is 0.0847. The summed E-state index contributed by atoms with van der Waals surface area (Å²) in [5, 5.41) is 0. The van der Waals surface area contributed by atoms with Gasteiger partial charge in [-0.05, 0) is 0 Å². The first-order valence-electron chi connectivity index (χ1n) is 3.44. The van der Waals surface area contributed by atoms with Gasteiger partial charge in [-0.2, -0.15) is 0 Å². The standard InChI is InChI=1S/C7H10F2N2O/c1-2-7(6(8)9)4-12-3-5(10)11-7/h2,6H,1,3-4H2,(H2,10,11). The van der Waals surface area contributed by atoms with Crippen LogP contribution in [0, 0.1) is 0 Å². The summed E-state index contributed by atoms with van der Waals surface area (Å²) >= 11 is 0. The number of amidine groups is 1. The van der Waals surface area contributed by atoms with Gasteiger partial charge in [-0.1, -0.05) is 6.08 Å². The summed E-state index contributed by atoms with van der Waals surface area (Å²) in [6.07, 6.45) is -1.56. The van der Waals surface area contributed by atoms with Crippen molar-refractivity contribution in [1.82, 2.24) is 0 Å².